The number of Topliss-reactive ketones (excluding diaryl/α,β-unsaturated/α-hetero) is 1. The van der Waals surface area contributed by atoms with Crippen LogP contribution in [-0.2, 0) is 9.59 Å². The quantitative estimate of drug-likeness (QED) is 0.433. The maximum atomic E-state index is 11.9. The van der Waals surface area contributed by atoms with Gasteiger partial charge in [-0.25, -0.2) is 0 Å². The number of allylic oxidation sites excluding steroid dienone is 2. The standard InChI is InChI=1S/C18H30O3/c1-2-3-7-11-16-15(13-14-17(16)19)10-8-5-4-6-9-12-18(20)21/h3,7,15-16H,2,4-6,8-14H2,1H3,(H,20,21)/p-1/b7-3-/t15-,16-/m1/s1. The van der Waals surface area contributed by atoms with E-state index in [1.807, 2.05) is 0 Å². The molecular weight excluding hydrogens is 264 g/mol. The highest BCUT2D eigenvalue weighted by molar-refractivity contribution is 5.83. The molecule has 1 saturated carbocycles. The summed E-state index contributed by atoms with van der Waals surface area (Å²) in [5, 5.41) is 10.3. The fourth-order valence-corrected chi connectivity index (χ4v) is 3.26. The van der Waals surface area contributed by atoms with Crippen molar-refractivity contribution in [3.63, 3.8) is 0 Å². The number of carboxylic acids is 1. The molecule has 1 aliphatic rings. The summed E-state index contributed by atoms with van der Waals surface area (Å²) in [7, 11) is 0. The summed E-state index contributed by atoms with van der Waals surface area (Å²) in [6, 6.07) is 0. The molecule has 21 heavy (non-hydrogen) atoms. The van der Waals surface area contributed by atoms with E-state index in [1.54, 1.807) is 0 Å². The van der Waals surface area contributed by atoms with Crippen LogP contribution in [0.1, 0.15) is 77.6 Å². The van der Waals surface area contributed by atoms with Crippen LogP contribution >= 0.6 is 0 Å². The van der Waals surface area contributed by atoms with Crippen molar-refractivity contribution in [2.75, 3.05) is 0 Å². The van der Waals surface area contributed by atoms with Crippen molar-refractivity contribution in [2.24, 2.45) is 11.8 Å². The van der Waals surface area contributed by atoms with E-state index in [-0.39, 0.29) is 12.3 Å². The summed E-state index contributed by atoms with van der Waals surface area (Å²) < 4.78 is 0. The summed E-state index contributed by atoms with van der Waals surface area (Å²) >= 11 is 0. The largest absolute Gasteiger partial charge is 0.550 e. The van der Waals surface area contributed by atoms with Crippen LogP contribution in [-0.4, -0.2) is 11.8 Å². The van der Waals surface area contributed by atoms with Crippen LogP contribution in [0.15, 0.2) is 12.2 Å². The Morgan fingerprint density at radius 1 is 1.19 bits per heavy atom. The van der Waals surface area contributed by atoms with E-state index >= 15 is 0 Å². The van der Waals surface area contributed by atoms with E-state index < -0.39 is 5.97 Å². The van der Waals surface area contributed by atoms with Crippen molar-refractivity contribution >= 4 is 11.8 Å². The molecule has 0 aromatic heterocycles. The van der Waals surface area contributed by atoms with E-state index in [4.69, 9.17) is 0 Å². The van der Waals surface area contributed by atoms with Crippen LogP contribution in [0.25, 0.3) is 0 Å². The zero-order chi connectivity index (χ0) is 15.5. The van der Waals surface area contributed by atoms with Gasteiger partial charge in [0.2, 0.25) is 0 Å². The molecule has 0 bridgehead atoms. The van der Waals surface area contributed by atoms with Crippen LogP contribution < -0.4 is 5.11 Å². The molecule has 0 aromatic rings. The Morgan fingerprint density at radius 3 is 2.62 bits per heavy atom. The lowest BCUT2D eigenvalue weighted by molar-refractivity contribution is -0.305. The third-order valence-corrected chi connectivity index (χ3v) is 4.49. The Labute approximate surface area is 128 Å². The zero-order valence-electron chi connectivity index (χ0n) is 13.3. The molecule has 0 amide bonds. The Kier molecular flexibility index (Phi) is 9.04. The second kappa shape index (κ2) is 10.6. The number of carbonyl (C=O) groups is 2. The lowest BCUT2D eigenvalue weighted by Crippen LogP contribution is -2.21. The molecule has 0 radical (unpaired) electrons. The number of aliphatic carboxylic acids is 1. The number of unbranched alkanes of at least 4 members (excludes halogenated alkanes) is 4. The molecule has 1 aliphatic carbocycles. The third kappa shape index (κ3) is 7.45. The van der Waals surface area contributed by atoms with Gasteiger partial charge in [-0.3, -0.25) is 4.79 Å². The van der Waals surface area contributed by atoms with Gasteiger partial charge < -0.3 is 9.90 Å². The lowest BCUT2D eigenvalue weighted by Gasteiger charge is -2.16. The summed E-state index contributed by atoms with van der Waals surface area (Å²) in [5.41, 5.74) is 0. The van der Waals surface area contributed by atoms with Crippen molar-refractivity contribution in [3.05, 3.63) is 12.2 Å². The number of hydrogen-bond donors (Lipinski definition) is 0. The number of rotatable bonds is 11. The molecular formula is C18H29O3-. The Bertz CT molecular complexity index is 346. The molecule has 120 valence electrons. The molecule has 3 heteroatoms. The fourth-order valence-electron chi connectivity index (χ4n) is 3.26. The first-order chi connectivity index (χ1) is 10.1. The van der Waals surface area contributed by atoms with Crippen molar-refractivity contribution in [1.82, 2.24) is 0 Å². The molecule has 0 spiro atoms. The van der Waals surface area contributed by atoms with E-state index in [1.165, 1.54) is 0 Å². The molecule has 0 aromatic carbocycles. The van der Waals surface area contributed by atoms with Gasteiger partial charge in [0.15, 0.2) is 0 Å². The van der Waals surface area contributed by atoms with Gasteiger partial charge in [0.05, 0.1) is 0 Å². The maximum absolute atomic E-state index is 11.9. The van der Waals surface area contributed by atoms with Gasteiger partial charge in [-0.2, -0.15) is 0 Å². The molecule has 0 heterocycles. The van der Waals surface area contributed by atoms with Crippen LogP contribution in [0.2, 0.25) is 0 Å². The first-order valence-corrected chi connectivity index (χ1v) is 8.52. The molecule has 0 aliphatic heterocycles. The van der Waals surface area contributed by atoms with Crippen LogP contribution in [0, 0.1) is 11.8 Å². The Morgan fingerprint density at radius 2 is 1.90 bits per heavy atom. The second-order valence-electron chi connectivity index (χ2n) is 6.17. The van der Waals surface area contributed by atoms with E-state index in [0.717, 1.165) is 64.2 Å². The van der Waals surface area contributed by atoms with Gasteiger partial charge >= 0.3 is 0 Å². The Hall–Kier alpha value is -1.12. The second-order valence-corrected chi connectivity index (χ2v) is 6.17. The molecule has 0 unspecified atom stereocenters. The zero-order valence-corrected chi connectivity index (χ0v) is 13.3. The third-order valence-electron chi connectivity index (χ3n) is 4.49. The summed E-state index contributed by atoms with van der Waals surface area (Å²) in [4.78, 5) is 22.2. The molecule has 0 saturated heterocycles. The predicted molar refractivity (Wildman–Crippen MR) is 82.6 cm³/mol. The number of ketones is 1. The van der Waals surface area contributed by atoms with Crippen molar-refractivity contribution in [1.29, 1.82) is 0 Å². The first kappa shape index (κ1) is 17.9. The van der Waals surface area contributed by atoms with Crippen molar-refractivity contribution < 1.29 is 14.7 Å². The smallest absolute Gasteiger partial charge is 0.136 e. The minimum absolute atomic E-state index is 0.183. The van der Waals surface area contributed by atoms with E-state index in [9.17, 15) is 14.7 Å². The molecule has 1 fully saturated rings. The minimum Gasteiger partial charge on any atom is -0.550 e. The van der Waals surface area contributed by atoms with E-state index in [2.05, 4.69) is 19.1 Å². The molecule has 3 nitrogen and oxygen atoms in total. The topological polar surface area (TPSA) is 57.2 Å². The normalized spacial score (nSPS) is 22.2. The van der Waals surface area contributed by atoms with Gasteiger partial charge in [-0.1, -0.05) is 44.8 Å². The van der Waals surface area contributed by atoms with Crippen LogP contribution in [0.5, 0.6) is 0 Å². The molecule has 2 atom stereocenters. The average molecular weight is 293 g/mol. The van der Waals surface area contributed by atoms with Crippen LogP contribution in [0.3, 0.4) is 0 Å². The monoisotopic (exact) mass is 293 g/mol. The molecule has 1 rings (SSSR count). The summed E-state index contributed by atoms with van der Waals surface area (Å²) in [5.74, 6) is 0.338. The number of carboxylic acid groups (broad SMARTS) is 1. The van der Waals surface area contributed by atoms with Crippen molar-refractivity contribution in [3.8, 4) is 0 Å². The predicted octanol–water partition coefficient (Wildman–Crippen LogP) is 3.42. The number of hydrogen-bond acceptors (Lipinski definition) is 3. The van der Waals surface area contributed by atoms with Gasteiger partial charge in [0.25, 0.3) is 0 Å². The highest BCUT2D eigenvalue weighted by Crippen LogP contribution is 2.35. The highest BCUT2D eigenvalue weighted by atomic mass is 16.4. The Balaban J connectivity index is 2.13. The summed E-state index contributed by atoms with van der Waals surface area (Å²) in [6.45, 7) is 2.12. The SMILES string of the molecule is CC/C=C\C[C@H]1C(=O)CC[C@H]1CCCCCCCC(=O)[O-]. The van der Waals surface area contributed by atoms with Crippen LogP contribution in [0.4, 0.5) is 0 Å². The maximum Gasteiger partial charge on any atom is 0.136 e. The first-order valence-electron chi connectivity index (χ1n) is 8.52. The van der Waals surface area contributed by atoms with Gasteiger partial charge in [-0.15, -0.1) is 0 Å². The van der Waals surface area contributed by atoms with Gasteiger partial charge in [0.1, 0.15) is 5.78 Å². The minimum atomic E-state index is -0.942. The van der Waals surface area contributed by atoms with Gasteiger partial charge in [-0.05, 0) is 44.4 Å². The number of carbonyl (C=O) groups excluding carboxylic acids is 2. The average Bonchev–Trinajstić information content (AvgIpc) is 2.79. The highest BCUT2D eigenvalue weighted by Gasteiger charge is 2.32. The molecule has 0 N–H and O–H groups in total. The van der Waals surface area contributed by atoms with E-state index in [0.29, 0.717) is 11.7 Å². The fraction of sp³-hybridized carbons (Fsp3) is 0.778. The van der Waals surface area contributed by atoms with Crippen molar-refractivity contribution in [2.45, 2.75) is 77.6 Å². The van der Waals surface area contributed by atoms with Gasteiger partial charge in [0, 0.05) is 18.3 Å². The lowest BCUT2D eigenvalue weighted by atomic mass is 9.87. The summed E-state index contributed by atoms with van der Waals surface area (Å²) in [6.07, 6.45) is 14.5.